The molecule has 1 atom stereocenters. The van der Waals surface area contributed by atoms with Crippen LogP contribution in [0.3, 0.4) is 0 Å². The molecule has 0 spiro atoms. The second-order valence-electron chi connectivity index (χ2n) is 8.50. The molecule has 1 aliphatic carbocycles. The van der Waals surface area contributed by atoms with E-state index in [0.29, 0.717) is 17.7 Å². The zero-order valence-corrected chi connectivity index (χ0v) is 15.6. The molecule has 2 fully saturated rings. The van der Waals surface area contributed by atoms with Crippen LogP contribution in [-0.4, -0.2) is 59.7 Å². The highest BCUT2D eigenvalue weighted by Crippen LogP contribution is 2.45. The third-order valence-corrected chi connectivity index (χ3v) is 5.61. The van der Waals surface area contributed by atoms with Crippen LogP contribution in [0.1, 0.15) is 37.2 Å². The molecule has 0 bridgehead atoms. The van der Waals surface area contributed by atoms with E-state index in [1.165, 1.54) is 12.8 Å². The van der Waals surface area contributed by atoms with Gasteiger partial charge in [0, 0.05) is 49.5 Å². The molecule has 2 aliphatic rings. The molecule has 1 amide bonds. The zero-order valence-electron chi connectivity index (χ0n) is 15.6. The summed E-state index contributed by atoms with van der Waals surface area (Å²) in [4.78, 5) is 22.4. The Balaban J connectivity index is 1.29. The Bertz CT molecular complexity index is 777. The number of H-pyrrole nitrogens is 1. The van der Waals surface area contributed by atoms with Crippen LogP contribution in [-0.2, 0) is 4.74 Å². The summed E-state index contributed by atoms with van der Waals surface area (Å²) in [7, 11) is 0. The van der Waals surface area contributed by atoms with Gasteiger partial charge in [0.05, 0.1) is 12.7 Å². The van der Waals surface area contributed by atoms with E-state index in [-0.39, 0.29) is 12.0 Å². The van der Waals surface area contributed by atoms with Gasteiger partial charge in [-0.05, 0) is 36.3 Å². The van der Waals surface area contributed by atoms with Crippen molar-refractivity contribution >= 4 is 16.8 Å². The first-order valence-corrected chi connectivity index (χ1v) is 9.54. The van der Waals surface area contributed by atoms with Crippen molar-refractivity contribution < 1.29 is 9.53 Å². The molecule has 4 rings (SSSR count). The Morgan fingerprint density at radius 1 is 1.42 bits per heavy atom. The third kappa shape index (κ3) is 3.76. The summed E-state index contributed by atoms with van der Waals surface area (Å²) in [5.41, 5.74) is 1.91. The lowest BCUT2D eigenvalue weighted by molar-refractivity contribution is -0.0437. The number of rotatable bonds is 5. The van der Waals surface area contributed by atoms with Crippen molar-refractivity contribution in [1.29, 1.82) is 0 Å². The van der Waals surface area contributed by atoms with Crippen LogP contribution >= 0.6 is 0 Å². The number of pyridine rings is 1. The van der Waals surface area contributed by atoms with E-state index in [2.05, 4.69) is 34.0 Å². The summed E-state index contributed by atoms with van der Waals surface area (Å²) in [6.45, 7) is 8.99. The number of ether oxygens (including phenoxy) is 1. The molecule has 1 saturated carbocycles. The predicted molar refractivity (Wildman–Crippen MR) is 101 cm³/mol. The summed E-state index contributed by atoms with van der Waals surface area (Å²) in [6, 6.07) is 3.76. The van der Waals surface area contributed by atoms with Crippen molar-refractivity contribution in [2.24, 2.45) is 11.3 Å². The van der Waals surface area contributed by atoms with Gasteiger partial charge in [0.25, 0.3) is 5.91 Å². The second kappa shape index (κ2) is 7.00. The van der Waals surface area contributed by atoms with E-state index in [0.717, 1.165) is 43.1 Å². The molecule has 2 N–H and O–H groups in total. The first-order chi connectivity index (χ1) is 12.5. The van der Waals surface area contributed by atoms with Gasteiger partial charge < -0.3 is 15.0 Å². The molecule has 2 aromatic heterocycles. The highest BCUT2D eigenvalue weighted by molar-refractivity contribution is 6.04. The van der Waals surface area contributed by atoms with Crippen molar-refractivity contribution in [3.63, 3.8) is 0 Å². The topological polar surface area (TPSA) is 70.2 Å². The molecule has 1 saturated heterocycles. The first kappa shape index (κ1) is 17.5. The van der Waals surface area contributed by atoms with Crippen molar-refractivity contribution in [1.82, 2.24) is 20.2 Å². The molecule has 6 nitrogen and oxygen atoms in total. The number of carbonyl (C=O) groups excluding carboxylic acids is 1. The Morgan fingerprint density at radius 3 is 3.08 bits per heavy atom. The van der Waals surface area contributed by atoms with E-state index >= 15 is 0 Å². The molecule has 26 heavy (non-hydrogen) atoms. The molecular weight excluding hydrogens is 328 g/mol. The molecule has 140 valence electrons. The van der Waals surface area contributed by atoms with Gasteiger partial charge >= 0.3 is 0 Å². The number of nitrogens with zero attached hydrogens (tertiary/aromatic N) is 2. The van der Waals surface area contributed by atoms with Crippen molar-refractivity contribution in [2.75, 3.05) is 32.8 Å². The SMILES string of the molecule is CC1(C)CC(CN2CCOC(CNC(=O)c3nccc4[nH]ccc34)C2)C1. The molecule has 3 heterocycles. The van der Waals surface area contributed by atoms with Crippen molar-refractivity contribution in [3.05, 3.63) is 30.2 Å². The van der Waals surface area contributed by atoms with Crippen molar-refractivity contribution in [2.45, 2.75) is 32.8 Å². The minimum Gasteiger partial charge on any atom is -0.374 e. The van der Waals surface area contributed by atoms with E-state index in [1.807, 2.05) is 18.3 Å². The standard InChI is InChI=1S/C20H28N4O2/c1-20(2)9-14(10-20)12-24-7-8-26-15(13-24)11-23-19(25)18-16-3-5-21-17(16)4-6-22-18/h3-6,14-15,21H,7-13H2,1-2H3,(H,23,25). The summed E-state index contributed by atoms with van der Waals surface area (Å²) < 4.78 is 5.86. The second-order valence-corrected chi connectivity index (χ2v) is 8.50. The predicted octanol–water partition coefficient (Wildman–Crippen LogP) is 2.43. The fraction of sp³-hybridized carbons (Fsp3) is 0.600. The smallest absolute Gasteiger partial charge is 0.270 e. The van der Waals surface area contributed by atoms with Crippen LogP contribution in [0.25, 0.3) is 10.9 Å². The summed E-state index contributed by atoms with van der Waals surface area (Å²) in [6.07, 6.45) is 6.17. The molecule has 1 unspecified atom stereocenters. The molecular formula is C20H28N4O2. The largest absolute Gasteiger partial charge is 0.374 e. The lowest BCUT2D eigenvalue weighted by Gasteiger charge is -2.46. The van der Waals surface area contributed by atoms with Gasteiger partial charge in [0.15, 0.2) is 0 Å². The van der Waals surface area contributed by atoms with E-state index in [1.54, 1.807) is 6.20 Å². The average Bonchev–Trinajstić information content (AvgIpc) is 3.07. The van der Waals surface area contributed by atoms with Gasteiger partial charge in [-0.25, -0.2) is 0 Å². The first-order valence-electron chi connectivity index (χ1n) is 9.54. The Hall–Kier alpha value is -1.92. The van der Waals surface area contributed by atoms with Crippen molar-refractivity contribution in [3.8, 4) is 0 Å². The van der Waals surface area contributed by atoms with Gasteiger partial charge in [-0.2, -0.15) is 0 Å². The number of morpholine rings is 1. The zero-order chi connectivity index (χ0) is 18.1. The minimum atomic E-state index is -0.142. The summed E-state index contributed by atoms with van der Waals surface area (Å²) in [5.74, 6) is 0.672. The Morgan fingerprint density at radius 2 is 2.27 bits per heavy atom. The van der Waals surface area contributed by atoms with Crippen LogP contribution in [0.5, 0.6) is 0 Å². The van der Waals surface area contributed by atoms with E-state index < -0.39 is 0 Å². The number of nitrogens with one attached hydrogen (secondary N) is 2. The highest BCUT2D eigenvalue weighted by atomic mass is 16.5. The maximum Gasteiger partial charge on any atom is 0.270 e. The number of aromatic amines is 1. The fourth-order valence-corrected chi connectivity index (χ4v) is 4.52. The molecule has 6 heteroatoms. The maximum absolute atomic E-state index is 12.5. The highest BCUT2D eigenvalue weighted by Gasteiger charge is 2.37. The monoisotopic (exact) mass is 356 g/mol. The third-order valence-electron chi connectivity index (χ3n) is 5.61. The number of carbonyl (C=O) groups is 1. The van der Waals surface area contributed by atoms with Crippen LogP contribution in [0.2, 0.25) is 0 Å². The number of fused-ring (bicyclic) bond motifs is 1. The van der Waals surface area contributed by atoms with Gasteiger partial charge in [-0.1, -0.05) is 13.8 Å². The molecule has 1 aliphatic heterocycles. The van der Waals surface area contributed by atoms with Crippen LogP contribution < -0.4 is 5.32 Å². The maximum atomic E-state index is 12.5. The Labute approximate surface area is 154 Å². The quantitative estimate of drug-likeness (QED) is 0.863. The van der Waals surface area contributed by atoms with E-state index in [4.69, 9.17) is 4.74 Å². The molecule has 0 aromatic carbocycles. The average molecular weight is 356 g/mol. The van der Waals surface area contributed by atoms with Gasteiger partial charge in [0.2, 0.25) is 0 Å². The normalized spacial score (nSPS) is 23.7. The van der Waals surface area contributed by atoms with Gasteiger partial charge in [0.1, 0.15) is 5.69 Å². The van der Waals surface area contributed by atoms with Crippen LogP contribution in [0.4, 0.5) is 0 Å². The van der Waals surface area contributed by atoms with E-state index in [9.17, 15) is 4.79 Å². The lowest BCUT2D eigenvalue weighted by atomic mass is 9.64. The van der Waals surface area contributed by atoms with Gasteiger partial charge in [-0.3, -0.25) is 14.7 Å². The van der Waals surface area contributed by atoms with Crippen LogP contribution in [0.15, 0.2) is 24.5 Å². The van der Waals surface area contributed by atoms with Crippen LogP contribution in [0, 0.1) is 11.3 Å². The number of aromatic nitrogens is 2. The summed E-state index contributed by atoms with van der Waals surface area (Å²) in [5, 5.41) is 3.85. The van der Waals surface area contributed by atoms with Gasteiger partial charge in [-0.15, -0.1) is 0 Å². The number of hydrogen-bond donors (Lipinski definition) is 2. The summed E-state index contributed by atoms with van der Waals surface area (Å²) >= 11 is 0. The minimum absolute atomic E-state index is 0.0474. The number of hydrogen-bond acceptors (Lipinski definition) is 4. The molecule has 0 radical (unpaired) electrons. The Kier molecular flexibility index (Phi) is 4.71. The number of amides is 1. The lowest BCUT2D eigenvalue weighted by Crippen LogP contribution is -2.50. The fourth-order valence-electron chi connectivity index (χ4n) is 4.52. The molecule has 2 aromatic rings.